The molecule has 2 rings (SSSR count). The molecule has 0 amide bonds. The highest BCUT2D eigenvalue weighted by Crippen LogP contribution is 2.08. The van der Waals surface area contributed by atoms with E-state index in [0.717, 1.165) is 6.07 Å². The molecule has 2 nitrogen and oxygen atoms in total. The van der Waals surface area contributed by atoms with Crippen LogP contribution in [0.25, 0.3) is 11.0 Å². The molecule has 1 heterocycles. The Morgan fingerprint density at radius 1 is 1.27 bits per heavy atom. The third kappa shape index (κ3) is 1.03. The molecule has 0 aliphatic rings. The predicted molar refractivity (Wildman–Crippen MR) is 42.5 cm³/mol. The second-order valence-electron chi connectivity index (χ2n) is 1.92. The third-order valence-electron chi connectivity index (χ3n) is 1.20. The van der Waals surface area contributed by atoms with Gasteiger partial charge in [-0.2, -0.15) is 0 Å². The lowest BCUT2D eigenvalue weighted by molar-refractivity contribution is 0.561. The second-order valence-corrected chi connectivity index (χ2v) is 1.92. The minimum absolute atomic E-state index is 0.0781. The van der Waals surface area contributed by atoms with Crippen LogP contribution in [0.15, 0.2) is 45.5 Å². The Kier molecular flexibility index (Phi) is 0.572. The maximum Gasteiger partial charge on any atom is 0.336 e. The van der Waals surface area contributed by atoms with Crippen LogP contribution in [-0.2, 0) is 0 Å². The summed E-state index contributed by atoms with van der Waals surface area (Å²) in [5.74, 6) is 0. The third-order valence-corrected chi connectivity index (χ3v) is 1.20. The Morgan fingerprint density at radius 3 is 3.09 bits per heavy atom. The fraction of sp³-hybridized carbons (Fsp3) is 0. The van der Waals surface area contributed by atoms with Crippen LogP contribution in [0.2, 0.25) is 0 Å². The normalized spacial score (nSPS) is 16.5. The van der Waals surface area contributed by atoms with E-state index in [1.54, 1.807) is 0 Å². The minimum Gasteiger partial charge on any atom is -0.423 e. The summed E-state index contributed by atoms with van der Waals surface area (Å²) in [6.07, 6.45) is 0. The molecule has 0 fully saturated rings. The van der Waals surface area contributed by atoms with Crippen molar-refractivity contribution in [3.63, 3.8) is 0 Å². The molecule has 0 aliphatic carbocycles. The molecule has 0 atom stereocenters. The Labute approximate surface area is 70.1 Å². The van der Waals surface area contributed by atoms with Crippen LogP contribution in [0.1, 0.15) is 6.85 Å². The van der Waals surface area contributed by atoms with Crippen LogP contribution in [0.5, 0.6) is 0 Å². The number of rotatable bonds is 0. The van der Waals surface area contributed by atoms with E-state index in [2.05, 4.69) is 0 Å². The highest BCUT2D eigenvalue weighted by molar-refractivity contribution is 5.75. The molecule has 0 bridgehead atoms. The predicted octanol–water partition coefficient (Wildman–Crippen LogP) is 1.79. The summed E-state index contributed by atoms with van der Waals surface area (Å²) in [5, 5.41) is -0.0781. The summed E-state index contributed by atoms with van der Waals surface area (Å²) in [5.41, 5.74) is -1.08. The zero-order valence-electron chi connectivity index (χ0n) is 10.4. The fourth-order valence-electron chi connectivity index (χ4n) is 0.746. The van der Waals surface area contributed by atoms with Crippen LogP contribution in [-0.4, -0.2) is 0 Å². The zero-order valence-corrected chi connectivity index (χ0v) is 5.39. The van der Waals surface area contributed by atoms with Crippen LogP contribution >= 0.6 is 0 Å². The van der Waals surface area contributed by atoms with Crippen LogP contribution < -0.4 is 5.63 Å². The monoisotopic (exact) mass is 151 g/mol. The molecule has 0 saturated heterocycles. The van der Waals surface area contributed by atoms with Crippen molar-refractivity contribution in [3.8, 4) is 0 Å². The molecule has 0 aliphatic heterocycles. The van der Waals surface area contributed by atoms with Gasteiger partial charge in [0.05, 0.1) is 6.85 Å². The first kappa shape index (κ1) is 2.81. The van der Waals surface area contributed by atoms with Crippen molar-refractivity contribution in [3.05, 3.63) is 46.7 Å². The van der Waals surface area contributed by atoms with Crippen LogP contribution in [0.3, 0.4) is 0 Å². The van der Waals surface area contributed by atoms with Crippen molar-refractivity contribution in [1.82, 2.24) is 0 Å². The summed E-state index contributed by atoms with van der Waals surface area (Å²) in [7, 11) is 0. The van der Waals surface area contributed by atoms with Crippen molar-refractivity contribution in [1.29, 1.82) is 0 Å². The smallest absolute Gasteiger partial charge is 0.336 e. The van der Waals surface area contributed by atoms with Gasteiger partial charge in [0, 0.05) is 11.4 Å². The molecule has 54 valence electrons. The zero-order chi connectivity index (χ0) is 12.0. The molecular weight excluding hydrogens is 140 g/mol. The Hall–Kier alpha value is -1.57. The molecule has 0 saturated carbocycles. The highest BCUT2D eigenvalue weighted by Gasteiger charge is 1.92. The Bertz CT molecular complexity index is 647. The maximum absolute atomic E-state index is 11.1. The van der Waals surface area contributed by atoms with E-state index in [4.69, 9.17) is 11.3 Å². The average Bonchev–Trinajstić information content (AvgIpc) is 2.23. The second kappa shape index (κ2) is 2.23. The molecule has 2 aromatic rings. The van der Waals surface area contributed by atoms with Gasteiger partial charge in [-0.1, -0.05) is 18.1 Å². The molecule has 0 N–H and O–H groups in total. The van der Waals surface area contributed by atoms with Gasteiger partial charge in [-0.25, -0.2) is 4.79 Å². The lowest BCUT2D eigenvalue weighted by atomic mass is 10.2. The molecule has 1 aromatic heterocycles. The van der Waals surface area contributed by atoms with E-state index in [1.807, 2.05) is 0 Å². The summed E-state index contributed by atoms with van der Waals surface area (Å²) < 4.78 is 41.8. The van der Waals surface area contributed by atoms with Crippen molar-refractivity contribution >= 4 is 11.0 Å². The largest absolute Gasteiger partial charge is 0.423 e. The lowest BCUT2D eigenvalue weighted by Gasteiger charge is -1.91. The van der Waals surface area contributed by atoms with Gasteiger partial charge in [0.25, 0.3) is 0 Å². The van der Waals surface area contributed by atoms with E-state index < -0.39 is 17.7 Å². The minimum atomic E-state index is -0.978. The van der Waals surface area contributed by atoms with Gasteiger partial charge in [-0.15, -0.1) is 0 Å². The molecule has 11 heavy (non-hydrogen) atoms. The van der Waals surface area contributed by atoms with Crippen LogP contribution in [0, 0.1) is 0 Å². The molecule has 0 spiro atoms. The van der Waals surface area contributed by atoms with E-state index in [1.165, 1.54) is 0 Å². The topological polar surface area (TPSA) is 30.2 Å². The molecule has 0 unspecified atom stereocenters. The SMILES string of the molecule is [2H]c1cc2oc(=O)c([2H])c([2H])c2c([2H])c1[2H]. The summed E-state index contributed by atoms with van der Waals surface area (Å²) >= 11 is 0. The van der Waals surface area contributed by atoms with Gasteiger partial charge in [0.2, 0.25) is 0 Å². The Morgan fingerprint density at radius 2 is 2.18 bits per heavy atom. The van der Waals surface area contributed by atoms with Crippen molar-refractivity contribution in [2.75, 3.05) is 0 Å². The van der Waals surface area contributed by atoms with Crippen molar-refractivity contribution in [2.24, 2.45) is 0 Å². The first-order valence-corrected chi connectivity index (χ1v) is 2.94. The van der Waals surface area contributed by atoms with E-state index in [-0.39, 0.29) is 29.1 Å². The summed E-state index contributed by atoms with van der Waals surface area (Å²) in [6.45, 7) is 0. The maximum atomic E-state index is 11.1. The van der Waals surface area contributed by atoms with Crippen molar-refractivity contribution < 1.29 is 11.3 Å². The highest BCUT2D eigenvalue weighted by atomic mass is 16.4. The number of fused-ring (bicyclic) bond motifs is 1. The number of hydrogen-bond donors (Lipinski definition) is 0. The average molecular weight is 151 g/mol. The first-order chi connectivity index (χ1) is 7.43. The number of hydrogen-bond acceptors (Lipinski definition) is 2. The quantitative estimate of drug-likeness (QED) is 0.537. The van der Waals surface area contributed by atoms with Gasteiger partial charge < -0.3 is 4.42 Å². The van der Waals surface area contributed by atoms with Gasteiger partial charge in [-0.05, 0) is 12.1 Å². The van der Waals surface area contributed by atoms with Gasteiger partial charge in [0.1, 0.15) is 5.58 Å². The standard InChI is InChI=1S/C9H6O2/c10-9-6-5-7-3-1-2-4-8(7)11-9/h1-6H/i1D,2D,3D,5D,6D. The van der Waals surface area contributed by atoms with Crippen LogP contribution in [0.4, 0.5) is 0 Å². The van der Waals surface area contributed by atoms with Crippen molar-refractivity contribution in [2.45, 2.75) is 0 Å². The molecule has 2 heteroatoms. The molecule has 0 radical (unpaired) electrons. The molecule has 1 aromatic carbocycles. The summed E-state index contributed by atoms with van der Waals surface area (Å²) in [4.78, 5) is 11.1. The van der Waals surface area contributed by atoms with E-state index >= 15 is 0 Å². The fourth-order valence-corrected chi connectivity index (χ4v) is 0.746. The van der Waals surface area contributed by atoms with Gasteiger partial charge >= 0.3 is 5.63 Å². The van der Waals surface area contributed by atoms with Gasteiger partial charge in [-0.3, -0.25) is 0 Å². The van der Waals surface area contributed by atoms with Gasteiger partial charge in [0.15, 0.2) is 0 Å². The summed E-state index contributed by atoms with van der Waals surface area (Å²) in [6, 6.07) is -0.950. The van der Waals surface area contributed by atoms with E-state index in [0.29, 0.717) is 0 Å². The number of benzene rings is 1. The Balaban J connectivity index is 3.09. The van der Waals surface area contributed by atoms with E-state index in [9.17, 15) is 4.79 Å². The molecular formula is C9H6O2. The lowest BCUT2D eigenvalue weighted by Crippen LogP contribution is -1.93. The number of para-hydroxylation sites is 1. The first-order valence-electron chi connectivity index (χ1n) is 5.44.